The Balaban J connectivity index is 0.949. The summed E-state index contributed by atoms with van der Waals surface area (Å²) in [7, 11) is 0. The fourth-order valence-corrected chi connectivity index (χ4v) is 22.7. The van der Waals surface area contributed by atoms with Crippen molar-refractivity contribution >= 4 is 45.6 Å². The maximum atomic E-state index is 15.5. The Morgan fingerprint density at radius 1 is 0.837 bits per heavy atom. The summed E-state index contributed by atoms with van der Waals surface area (Å²) in [5, 5.41) is 84.5. The predicted octanol–water partition coefficient (Wildman–Crippen LogP) is 8.46. The number of imidazole rings is 1. The van der Waals surface area contributed by atoms with E-state index in [1.54, 1.807) is 37.4 Å². The number of aryl methyl sites for hydroxylation is 1. The minimum Gasteiger partial charge on any atom is -0.507 e. The number of aliphatic hydroxyl groups excluding tert-OH is 5. The lowest BCUT2D eigenvalue weighted by Gasteiger charge is -2.64. The number of allylic oxidation sites excluding steroid dienone is 1. The second kappa shape index (κ2) is 16.3. The standard InChI is InChI=1S/C70H69N5O11/c1-33-24-40-46(43(77)25-33)54(80)49-44-26-39-37(47(49)53(40)79)12-23-71-61(39)72-30-45(78)67-20-8-34-6-4-15-66-16-5-7-35-27-64(17-9-36(76)10-18-64)57-58(74-32-73-57)69(35,66)56-38(11-19-66)48(50(34)67)52(75-56)41-28-68(85-44)59(82)55(81)60(83)70(86-68)51(41)42(67)29-65(62(70)84)22-21-63(31-65)13-2-3-14-63/h11-12,19,23-26,28,32,34-35,45,50,55,59-60,62,75,77-78,81-84H,2-3,5,7-10,13-18,20-22,27,29-31H2,1H3,(H,71,72)(H,73,74)/t34-,35-,45-,50-,55+,59+,60-,62+,65+,66-,67-,68+,69+,70-/m0/s1. The Morgan fingerprint density at radius 2 is 1.67 bits per heavy atom. The van der Waals surface area contributed by atoms with E-state index in [9.17, 15) is 35.4 Å². The molecule has 16 aliphatic rings. The van der Waals surface area contributed by atoms with Crippen molar-refractivity contribution in [2.24, 2.45) is 33.5 Å². The van der Waals surface area contributed by atoms with Gasteiger partial charge in [-0.25, -0.2) is 9.97 Å². The number of hydrogen-bond acceptors (Lipinski definition) is 14. The molecule has 1 saturated heterocycles. The number of nitrogens with zero attached hydrogens (tertiary/aromatic N) is 2. The van der Waals surface area contributed by atoms with Gasteiger partial charge in [-0.05, 0) is 154 Å². The topological polar surface area (TPSA) is 260 Å². The van der Waals surface area contributed by atoms with Gasteiger partial charge in [0.15, 0.2) is 17.5 Å². The van der Waals surface area contributed by atoms with Gasteiger partial charge in [0.25, 0.3) is 5.79 Å². The number of H-pyrrole nitrogens is 2. The van der Waals surface area contributed by atoms with Gasteiger partial charge in [0.2, 0.25) is 5.78 Å². The second-order valence-corrected chi connectivity index (χ2v) is 29.4. The number of ether oxygens (including phenoxy) is 2. The third-order valence-corrected chi connectivity index (χ3v) is 26.0. The number of aliphatic hydroxyl groups is 5. The molecule has 7 heterocycles. The number of hydrogen-bond donors (Lipinski definition) is 9. The quantitative estimate of drug-likeness (QED) is 0.0647. The molecule has 16 heteroatoms. The molecule has 0 amide bonds. The van der Waals surface area contributed by atoms with E-state index in [0.29, 0.717) is 90.4 Å². The molecule has 21 rings (SSSR count). The Hall–Kier alpha value is -6.71. The minimum atomic E-state index is -2.52. The third-order valence-electron chi connectivity index (χ3n) is 26.0. The van der Waals surface area contributed by atoms with E-state index in [4.69, 9.17) is 19.4 Å². The summed E-state index contributed by atoms with van der Waals surface area (Å²) in [5.74, 6) is 3.34. The maximum absolute atomic E-state index is 15.5. The molecule has 12 bridgehead atoms. The number of rotatable bonds is 0. The van der Waals surface area contributed by atoms with Crippen LogP contribution in [0.4, 0.5) is 5.82 Å². The highest BCUT2D eigenvalue weighted by atomic mass is 16.7. The van der Waals surface area contributed by atoms with Crippen molar-refractivity contribution in [3.8, 4) is 23.3 Å². The number of pyridine rings is 1. The number of aromatic amines is 2. The van der Waals surface area contributed by atoms with Crippen molar-refractivity contribution in [3.63, 3.8) is 0 Å². The SMILES string of the molecule is Cc1cc(O)c2c(c1)C(=O)c1c(c3cc4c(nccc14)NC[C@H](O)[C@@]14CC[C@@H]5C#CC[C@]67C=Cc8c([nH]c(c8[C@H]51)C1=C[C@@]5(O3)O[C@@]3(C1=C4C[C@@]1(CCC4(CCCC4)C1)[C@H]3O)[C@@H](O)[C@H](O)[C@H]5O)[C@]61c3[nH]cnc3C3(CCC(=O)CC3)C[C@@H]1CCC7)C2=O. The molecular weight excluding hydrogens is 1090 g/mol. The molecule has 5 aromatic rings. The average Bonchev–Trinajstić information content (AvgIpc) is 1.33. The Kier molecular flexibility index (Phi) is 9.74. The summed E-state index contributed by atoms with van der Waals surface area (Å²) in [6.07, 6.45) is 15.2. The third kappa shape index (κ3) is 5.69. The monoisotopic (exact) mass is 1160 g/mol. The van der Waals surface area contributed by atoms with Crippen LogP contribution < -0.4 is 10.1 Å². The lowest BCUT2D eigenvalue weighted by Crippen LogP contribution is -2.79. The molecule has 16 nitrogen and oxygen atoms in total. The van der Waals surface area contributed by atoms with Crippen molar-refractivity contribution in [3.05, 3.63) is 122 Å². The zero-order valence-electron chi connectivity index (χ0n) is 48.1. The first-order valence-corrected chi connectivity index (χ1v) is 31.9. The van der Waals surface area contributed by atoms with Crippen LogP contribution in [-0.4, -0.2) is 116 Å². The summed E-state index contributed by atoms with van der Waals surface area (Å²) in [6, 6.07) is 6.23. The zero-order chi connectivity index (χ0) is 58.2. The number of benzene rings is 2. The number of ketones is 3. The van der Waals surface area contributed by atoms with Crippen molar-refractivity contribution < 1.29 is 54.5 Å². The van der Waals surface area contributed by atoms with Crippen LogP contribution in [-0.2, 0) is 20.4 Å². The van der Waals surface area contributed by atoms with Crippen LogP contribution >= 0.6 is 0 Å². The van der Waals surface area contributed by atoms with E-state index >= 15 is 9.59 Å². The molecule has 8 spiro atoms. The van der Waals surface area contributed by atoms with E-state index < -0.39 is 86.8 Å². The molecule has 440 valence electrons. The smallest absolute Gasteiger partial charge is 0.261 e. The van der Waals surface area contributed by atoms with Crippen molar-refractivity contribution in [2.45, 2.75) is 188 Å². The van der Waals surface area contributed by atoms with Gasteiger partial charge in [-0.2, -0.15) is 0 Å². The van der Waals surface area contributed by atoms with Crippen molar-refractivity contribution in [1.82, 2.24) is 19.9 Å². The predicted molar refractivity (Wildman–Crippen MR) is 313 cm³/mol. The second-order valence-electron chi connectivity index (χ2n) is 29.4. The van der Waals surface area contributed by atoms with Crippen LogP contribution in [0.25, 0.3) is 22.4 Å². The molecule has 5 saturated carbocycles. The van der Waals surface area contributed by atoms with Gasteiger partial charge in [-0.15, -0.1) is 5.92 Å². The van der Waals surface area contributed by atoms with Crippen LogP contribution in [0.5, 0.6) is 11.5 Å². The molecular formula is C70H69N5O11. The number of fused-ring (bicyclic) bond motifs is 8. The van der Waals surface area contributed by atoms with Gasteiger partial charge >= 0.3 is 0 Å². The van der Waals surface area contributed by atoms with E-state index in [2.05, 4.69) is 39.3 Å². The number of phenolic OH excluding ortho intramolecular Hbond substituents is 1. The molecule has 0 radical (unpaired) electrons. The Bertz CT molecular complexity index is 4200. The highest BCUT2D eigenvalue weighted by Gasteiger charge is 2.78. The summed E-state index contributed by atoms with van der Waals surface area (Å²) >= 11 is 0. The lowest BCUT2D eigenvalue weighted by atomic mass is 9.40. The van der Waals surface area contributed by atoms with Gasteiger partial charge < -0.3 is 55.4 Å². The highest BCUT2D eigenvalue weighted by Crippen LogP contribution is 2.77. The van der Waals surface area contributed by atoms with E-state index in [-0.39, 0.29) is 63.0 Å². The lowest BCUT2D eigenvalue weighted by molar-refractivity contribution is -0.366. The van der Waals surface area contributed by atoms with E-state index in [0.717, 1.165) is 104 Å². The van der Waals surface area contributed by atoms with Crippen molar-refractivity contribution in [2.75, 3.05) is 11.9 Å². The van der Waals surface area contributed by atoms with Crippen LogP contribution in [0.3, 0.4) is 0 Å². The van der Waals surface area contributed by atoms with Gasteiger partial charge in [0, 0.05) is 98.8 Å². The molecule has 4 aliphatic heterocycles. The number of anilines is 1. The van der Waals surface area contributed by atoms with E-state index in [1.807, 2.05) is 6.33 Å². The highest BCUT2D eigenvalue weighted by molar-refractivity contribution is 6.34. The number of carbonyl (C=O) groups is 3. The molecule has 86 heavy (non-hydrogen) atoms. The number of phenols is 1. The molecule has 6 fully saturated rings. The zero-order valence-corrected chi connectivity index (χ0v) is 48.1. The molecule has 14 atom stereocenters. The largest absolute Gasteiger partial charge is 0.507 e. The van der Waals surface area contributed by atoms with Gasteiger partial charge in [0.1, 0.15) is 35.3 Å². The molecule has 0 unspecified atom stereocenters. The number of Topliss-reactive ketones (excluding diaryl/α,β-unsaturated/α-hetero) is 1. The van der Waals surface area contributed by atoms with Gasteiger partial charge in [0.05, 0.1) is 52.2 Å². The number of carbonyl (C=O) groups excluding carboxylic acids is 3. The fraction of sp³-hybridized carbons (Fsp3) is 0.529. The minimum absolute atomic E-state index is 0.00437. The summed E-state index contributed by atoms with van der Waals surface area (Å²) in [6.45, 7) is 1.68. The van der Waals surface area contributed by atoms with Crippen molar-refractivity contribution in [1.29, 1.82) is 0 Å². The molecule has 2 aromatic carbocycles. The first-order chi connectivity index (χ1) is 41.5. The summed E-state index contributed by atoms with van der Waals surface area (Å²) in [5.41, 5.74) is 1.47. The Morgan fingerprint density at radius 3 is 2.51 bits per heavy atom. The molecule has 12 aliphatic carbocycles. The van der Waals surface area contributed by atoms with Crippen LogP contribution in [0.2, 0.25) is 0 Å². The number of aromatic hydroxyl groups is 1. The first kappa shape index (κ1) is 51.3. The number of aromatic nitrogens is 4. The Labute approximate surface area is 496 Å². The van der Waals surface area contributed by atoms with Crippen LogP contribution in [0, 0.1) is 52.3 Å². The summed E-state index contributed by atoms with van der Waals surface area (Å²) in [4.78, 5) is 62.3. The molecule has 9 N–H and O–H groups in total. The summed E-state index contributed by atoms with van der Waals surface area (Å²) < 4.78 is 15.1. The average molecular weight is 1160 g/mol. The van der Waals surface area contributed by atoms with Crippen LogP contribution in [0.1, 0.15) is 199 Å². The first-order valence-electron chi connectivity index (χ1n) is 31.9. The van der Waals surface area contributed by atoms with Gasteiger partial charge in [-0.3, -0.25) is 14.4 Å². The fourth-order valence-electron chi connectivity index (χ4n) is 22.7. The maximum Gasteiger partial charge on any atom is 0.261 e. The number of nitrogens with one attached hydrogen (secondary N) is 3. The normalized spacial score (nSPS) is 39.7. The van der Waals surface area contributed by atoms with Gasteiger partial charge in [-0.1, -0.05) is 42.9 Å². The van der Waals surface area contributed by atoms with Crippen LogP contribution in [0.15, 0.2) is 60.1 Å². The molecule has 3 aromatic heterocycles. The van der Waals surface area contributed by atoms with E-state index in [1.165, 1.54) is 6.07 Å².